The van der Waals surface area contributed by atoms with E-state index in [4.69, 9.17) is 0 Å². The Bertz CT molecular complexity index is 392. The van der Waals surface area contributed by atoms with Gasteiger partial charge < -0.3 is 15.5 Å². The molecule has 0 aliphatic rings. The molecule has 0 bridgehead atoms. The Labute approximate surface area is 114 Å². The number of hydrogen-bond acceptors (Lipinski definition) is 5. The zero-order valence-electron chi connectivity index (χ0n) is 11.9. The Balaban J connectivity index is 2.50. The first-order chi connectivity index (χ1) is 9.21. The van der Waals surface area contributed by atoms with Crippen LogP contribution in [-0.2, 0) is 4.79 Å². The monoisotopic (exact) mass is 265 g/mol. The van der Waals surface area contributed by atoms with Gasteiger partial charge in [-0.3, -0.25) is 4.79 Å². The van der Waals surface area contributed by atoms with Crippen LogP contribution in [0.3, 0.4) is 0 Å². The Hall–Kier alpha value is -1.85. The molecular formula is C13H23N5O. The molecule has 0 saturated carbocycles. The summed E-state index contributed by atoms with van der Waals surface area (Å²) in [5, 5.41) is 6.14. The van der Waals surface area contributed by atoms with E-state index in [0.29, 0.717) is 11.8 Å². The normalized spacial score (nSPS) is 10.1. The molecule has 0 aliphatic heterocycles. The molecule has 19 heavy (non-hydrogen) atoms. The van der Waals surface area contributed by atoms with Gasteiger partial charge in [0.15, 0.2) is 0 Å². The van der Waals surface area contributed by atoms with E-state index in [1.54, 1.807) is 17.2 Å². The van der Waals surface area contributed by atoms with Crippen molar-refractivity contribution in [2.24, 2.45) is 0 Å². The third-order valence-electron chi connectivity index (χ3n) is 2.73. The van der Waals surface area contributed by atoms with Crippen LogP contribution >= 0.6 is 0 Å². The maximum atomic E-state index is 11.8. The fourth-order valence-electron chi connectivity index (χ4n) is 1.63. The summed E-state index contributed by atoms with van der Waals surface area (Å²) in [5.41, 5.74) is 0. The molecule has 1 amide bonds. The van der Waals surface area contributed by atoms with Crippen LogP contribution in [0.5, 0.6) is 0 Å². The number of hydrogen-bond donors (Lipinski definition) is 2. The van der Waals surface area contributed by atoms with Gasteiger partial charge in [-0.2, -0.15) is 4.98 Å². The lowest BCUT2D eigenvalue weighted by Gasteiger charge is -2.18. The molecule has 0 fully saturated rings. The Kier molecular flexibility index (Phi) is 6.63. The topological polar surface area (TPSA) is 70.2 Å². The highest BCUT2D eigenvalue weighted by Gasteiger charge is 2.09. The summed E-state index contributed by atoms with van der Waals surface area (Å²) in [6, 6.07) is 1.76. The zero-order valence-corrected chi connectivity index (χ0v) is 11.9. The summed E-state index contributed by atoms with van der Waals surface area (Å²) in [7, 11) is 0. The number of aromatic nitrogens is 2. The van der Waals surface area contributed by atoms with Crippen molar-refractivity contribution in [3.05, 3.63) is 12.3 Å². The first-order valence-corrected chi connectivity index (χ1v) is 6.79. The van der Waals surface area contributed by atoms with Crippen LogP contribution in [-0.4, -0.2) is 47.0 Å². The number of likely N-dealkylation sites (N-methyl/N-ethyl adjacent to an activating group) is 1. The smallest absolute Gasteiger partial charge is 0.241 e. The van der Waals surface area contributed by atoms with E-state index in [1.807, 2.05) is 13.8 Å². The predicted molar refractivity (Wildman–Crippen MR) is 77.2 cm³/mol. The second kappa shape index (κ2) is 8.29. The highest BCUT2D eigenvalue weighted by molar-refractivity contribution is 5.80. The van der Waals surface area contributed by atoms with Gasteiger partial charge in [-0.05, 0) is 26.3 Å². The first-order valence-electron chi connectivity index (χ1n) is 6.79. The van der Waals surface area contributed by atoms with Gasteiger partial charge in [-0.15, -0.1) is 0 Å². The number of nitrogens with one attached hydrogen (secondary N) is 2. The average Bonchev–Trinajstić information content (AvgIpc) is 2.44. The summed E-state index contributed by atoms with van der Waals surface area (Å²) in [6.07, 6.45) is 2.69. The maximum Gasteiger partial charge on any atom is 0.241 e. The summed E-state index contributed by atoms with van der Waals surface area (Å²) < 4.78 is 0. The molecule has 1 aromatic heterocycles. The highest BCUT2D eigenvalue weighted by atomic mass is 16.2. The van der Waals surface area contributed by atoms with Gasteiger partial charge in [-0.1, -0.05) is 6.92 Å². The molecule has 0 aromatic carbocycles. The molecule has 6 nitrogen and oxygen atoms in total. The van der Waals surface area contributed by atoms with Crippen LogP contribution in [0.2, 0.25) is 0 Å². The minimum Gasteiger partial charge on any atom is -0.361 e. The van der Waals surface area contributed by atoms with E-state index in [2.05, 4.69) is 27.5 Å². The SMILES string of the molecule is CCCNc1nccc(NCC(=O)N(CC)CC)n1. The van der Waals surface area contributed by atoms with Crippen LogP contribution in [0.15, 0.2) is 12.3 Å². The van der Waals surface area contributed by atoms with Crippen LogP contribution in [0.25, 0.3) is 0 Å². The molecule has 1 aromatic rings. The van der Waals surface area contributed by atoms with E-state index in [1.165, 1.54) is 0 Å². The molecule has 1 rings (SSSR count). The number of amides is 1. The second-order valence-electron chi connectivity index (χ2n) is 4.11. The van der Waals surface area contributed by atoms with Gasteiger partial charge in [0.05, 0.1) is 6.54 Å². The lowest BCUT2D eigenvalue weighted by Crippen LogP contribution is -2.35. The molecule has 0 unspecified atom stereocenters. The fourth-order valence-corrected chi connectivity index (χ4v) is 1.63. The Morgan fingerprint density at radius 2 is 2.00 bits per heavy atom. The molecular weight excluding hydrogens is 242 g/mol. The van der Waals surface area contributed by atoms with E-state index >= 15 is 0 Å². The van der Waals surface area contributed by atoms with Crippen molar-refractivity contribution in [2.75, 3.05) is 36.8 Å². The molecule has 0 aliphatic carbocycles. The van der Waals surface area contributed by atoms with Crippen molar-refractivity contribution in [1.82, 2.24) is 14.9 Å². The number of anilines is 2. The molecule has 0 radical (unpaired) electrons. The third kappa shape index (κ3) is 5.11. The summed E-state index contributed by atoms with van der Waals surface area (Å²) in [6.45, 7) is 8.57. The standard InChI is InChI=1S/C13H23N5O/c1-4-8-14-13-15-9-7-11(17-13)16-10-12(19)18(5-2)6-3/h7,9H,4-6,8,10H2,1-3H3,(H2,14,15,16,17). The number of carbonyl (C=O) groups is 1. The van der Waals surface area contributed by atoms with Crippen molar-refractivity contribution in [1.29, 1.82) is 0 Å². The average molecular weight is 265 g/mol. The van der Waals surface area contributed by atoms with Gasteiger partial charge in [0.2, 0.25) is 11.9 Å². The third-order valence-corrected chi connectivity index (χ3v) is 2.73. The minimum atomic E-state index is 0.0756. The van der Waals surface area contributed by atoms with Crippen LogP contribution < -0.4 is 10.6 Å². The number of carbonyl (C=O) groups excluding carboxylic acids is 1. The van der Waals surface area contributed by atoms with Crippen LogP contribution in [0.4, 0.5) is 11.8 Å². The lowest BCUT2D eigenvalue weighted by molar-refractivity contribution is -0.128. The summed E-state index contributed by atoms with van der Waals surface area (Å²) in [5.74, 6) is 1.32. The first kappa shape index (κ1) is 15.2. The molecule has 0 saturated heterocycles. The largest absolute Gasteiger partial charge is 0.361 e. The van der Waals surface area contributed by atoms with Crippen molar-refractivity contribution in [3.63, 3.8) is 0 Å². The number of rotatable bonds is 8. The lowest BCUT2D eigenvalue weighted by atomic mass is 10.4. The molecule has 106 valence electrons. The summed E-state index contributed by atoms with van der Waals surface area (Å²) >= 11 is 0. The van der Waals surface area contributed by atoms with E-state index in [-0.39, 0.29) is 12.5 Å². The van der Waals surface area contributed by atoms with Gasteiger partial charge in [-0.25, -0.2) is 4.98 Å². The summed E-state index contributed by atoms with van der Waals surface area (Å²) in [4.78, 5) is 22.0. The highest BCUT2D eigenvalue weighted by Crippen LogP contribution is 2.05. The van der Waals surface area contributed by atoms with Crippen molar-refractivity contribution < 1.29 is 4.79 Å². The fraction of sp³-hybridized carbons (Fsp3) is 0.615. The van der Waals surface area contributed by atoms with Gasteiger partial charge in [0.1, 0.15) is 5.82 Å². The molecule has 2 N–H and O–H groups in total. The second-order valence-corrected chi connectivity index (χ2v) is 4.11. The van der Waals surface area contributed by atoms with Crippen LogP contribution in [0, 0.1) is 0 Å². The Morgan fingerprint density at radius 3 is 2.63 bits per heavy atom. The molecule has 0 spiro atoms. The van der Waals surface area contributed by atoms with Gasteiger partial charge >= 0.3 is 0 Å². The molecule has 1 heterocycles. The molecule has 0 atom stereocenters. The van der Waals surface area contributed by atoms with E-state index in [9.17, 15) is 4.79 Å². The maximum absolute atomic E-state index is 11.8. The quantitative estimate of drug-likeness (QED) is 0.747. The van der Waals surface area contributed by atoms with Gasteiger partial charge in [0.25, 0.3) is 0 Å². The van der Waals surface area contributed by atoms with E-state index < -0.39 is 0 Å². The van der Waals surface area contributed by atoms with E-state index in [0.717, 1.165) is 26.1 Å². The Morgan fingerprint density at radius 1 is 1.26 bits per heavy atom. The molecule has 6 heteroatoms. The minimum absolute atomic E-state index is 0.0756. The van der Waals surface area contributed by atoms with Crippen LogP contribution in [0.1, 0.15) is 27.2 Å². The zero-order chi connectivity index (χ0) is 14.1. The van der Waals surface area contributed by atoms with Crippen molar-refractivity contribution in [3.8, 4) is 0 Å². The van der Waals surface area contributed by atoms with Crippen molar-refractivity contribution >= 4 is 17.7 Å². The van der Waals surface area contributed by atoms with Gasteiger partial charge in [0, 0.05) is 25.8 Å². The predicted octanol–water partition coefficient (Wildman–Crippen LogP) is 1.58. The number of nitrogens with zero attached hydrogens (tertiary/aromatic N) is 3. The van der Waals surface area contributed by atoms with Crippen molar-refractivity contribution in [2.45, 2.75) is 27.2 Å².